The maximum Gasteiger partial charge on any atom is 0.151 e. The number of anilines is 1. The molecule has 4 heteroatoms. The van der Waals surface area contributed by atoms with Gasteiger partial charge in [0.15, 0.2) is 5.54 Å². The normalized spacial score (nSPS) is 18.2. The number of hydrogen-bond donors (Lipinski definition) is 1. The first-order valence-corrected chi connectivity index (χ1v) is 6.43. The summed E-state index contributed by atoms with van der Waals surface area (Å²) in [7, 11) is 1.64. The fraction of sp³-hybridized carbons (Fsp3) is 0.462. The van der Waals surface area contributed by atoms with E-state index in [1.165, 1.54) is 0 Å². The van der Waals surface area contributed by atoms with Gasteiger partial charge in [0.25, 0.3) is 0 Å². The van der Waals surface area contributed by atoms with Gasteiger partial charge in [-0.2, -0.15) is 5.26 Å². The van der Waals surface area contributed by atoms with Gasteiger partial charge in [0.2, 0.25) is 0 Å². The summed E-state index contributed by atoms with van der Waals surface area (Å²) in [6.07, 6.45) is 2.19. The Morgan fingerprint density at radius 1 is 1.59 bits per heavy atom. The van der Waals surface area contributed by atoms with Crippen LogP contribution in [-0.4, -0.2) is 19.3 Å². The van der Waals surface area contributed by atoms with E-state index in [2.05, 4.69) is 27.3 Å². The largest absolute Gasteiger partial charge is 0.381 e. The molecular formula is C13H15BrN2O. The SMILES string of the molecule is COCC(C#N)(Nc1cccc(Br)c1)C1CC1. The fourth-order valence-electron chi connectivity index (χ4n) is 2.04. The van der Waals surface area contributed by atoms with Crippen LogP contribution in [0, 0.1) is 17.2 Å². The third-order valence-corrected chi connectivity index (χ3v) is 3.53. The van der Waals surface area contributed by atoms with E-state index >= 15 is 0 Å². The summed E-state index contributed by atoms with van der Waals surface area (Å²) in [5, 5.41) is 12.8. The van der Waals surface area contributed by atoms with Gasteiger partial charge in [0.1, 0.15) is 0 Å². The summed E-state index contributed by atoms with van der Waals surface area (Å²) >= 11 is 3.43. The van der Waals surface area contributed by atoms with Gasteiger partial charge in [-0.25, -0.2) is 0 Å². The van der Waals surface area contributed by atoms with Gasteiger partial charge in [0, 0.05) is 17.3 Å². The molecule has 1 fully saturated rings. The number of nitrogens with one attached hydrogen (secondary N) is 1. The van der Waals surface area contributed by atoms with Gasteiger partial charge in [0.05, 0.1) is 12.7 Å². The van der Waals surface area contributed by atoms with Gasteiger partial charge in [-0.1, -0.05) is 22.0 Å². The average molecular weight is 295 g/mol. The van der Waals surface area contributed by atoms with Crippen LogP contribution in [0.1, 0.15) is 12.8 Å². The van der Waals surface area contributed by atoms with E-state index in [-0.39, 0.29) is 0 Å². The maximum absolute atomic E-state index is 9.44. The summed E-state index contributed by atoms with van der Waals surface area (Å²) < 4.78 is 6.21. The van der Waals surface area contributed by atoms with E-state index in [4.69, 9.17) is 4.74 Å². The highest BCUT2D eigenvalue weighted by Crippen LogP contribution is 2.41. The lowest BCUT2D eigenvalue weighted by atomic mass is 9.95. The monoisotopic (exact) mass is 294 g/mol. The number of benzene rings is 1. The number of nitriles is 1. The topological polar surface area (TPSA) is 45.0 Å². The summed E-state index contributed by atoms with van der Waals surface area (Å²) in [6, 6.07) is 10.3. The van der Waals surface area contributed by atoms with Crippen LogP contribution in [0.15, 0.2) is 28.7 Å². The smallest absolute Gasteiger partial charge is 0.151 e. The molecule has 1 atom stereocenters. The molecule has 1 aromatic rings. The van der Waals surface area contributed by atoms with Crippen LogP contribution in [0.3, 0.4) is 0 Å². The van der Waals surface area contributed by atoms with Gasteiger partial charge < -0.3 is 10.1 Å². The second-order valence-corrected chi connectivity index (χ2v) is 5.34. The van der Waals surface area contributed by atoms with E-state index in [0.29, 0.717) is 12.5 Å². The molecule has 2 rings (SSSR count). The van der Waals surface area contributed by atoms with E-state index in [9.17, 15) is 5.26 Å². The van der Waals surface area contributed by atoms with Crippen LogP contribution in [0.4, 0.5) is 5.69 Å². The molecule has 0 amide bonds. The minimum atomic E-state index is -0.588. The number of methoxy groups -OCH3 is 1. The minimum Gasteiger partial charge on any atom is -0.381 e. The molecule has 0 aromatic heterocycles. The molecule has 3 nitrogen and oxygen atoms in total. The van der Waals surface area contributed by atoms with Gasteiger partial charge >= 0.3 is 0 Å². The van der Waals surface area contributed by atoms with Gasteiger partial charge in [-0.05, 0) is 37.0 Å². The third kappa shape index (κ3) is 2.80. The van der Waals surface area contributed by atoms with Crippen molar-refractivity contribution in [3.63, 3.8) is 0 Å². The highest BCUT2D eigenvalue weighted by Gasteiger charge is 2.46. The molecule has 0 radical (unpaired) electrons. The van der Waals surface area contributed by atoms with E-state index < -0.39 is 5.54 Å². The molecule has 0 spiro atoms. The average Bonchev–Trinajstić information content (AvgIpc) is 3.12. The van der Waals surface area contributed by atoms with Crippen LogP contribution in [0.2, 0.25) is 0 Å². The second-order valence-electron chi connectivity index (χ2n) is 4.43. The van der Waals surface area contributed by atoms with Crippen molar-refractivity contribution in [3.05, 3.63) is 28.7 Å². The summed E-state index contributed by atoms with van der Waals surface area (Å²) in [6.45, 7) is 0.417. The van der Waals surface area contributed by atoms with Crippen LogP contribution < -0.4 is 5.32 Å². The molecule has 1 aromatic carbocycles. The Morgan fingerprint density at radius 3 is 2.88 bits per heavy atom. The molecule has 0 aliphatic heterocycles. The highest BCUT2D eigenvalue weighted by molar-refractivity contribution is 9.10. The lowest BCUT2D eigenvalue weighted by Crippen LogP contribution is -2.43. The van der Waals surface area contributed by atoms with Gasteiger partial charge in [-0.15, -0.1) is 0 Å². The molecule has 1 saturated carbocycles. The van der Waals surface area contributed by atoms with Crippen molar-refractivity contribution in [2.45, 2.75) is 18.4 Å². The van der Waals surface area contributed by atoms with Crippen LogP contribution >= 0.6 is 15.9 Å². The minimum absolute atomic E-state index is 0.395. The van der Waals surface area contributed by atoms with Crippen molar-refractivity contribution < 1.29 is 4.74 Å². The zero-order chi connectivity index (χ0) is 12.3. The Bertz CT molecular complexity index is 439. The predicted molar refractivity (Wildman–Crippen MR) is 70.7 cm³/mol. The van der Waals surface area contributed by atoms with Crippen molar-refractivity contribution >= 4 is 21.6 Å². The molecule has 1 unspecified atom stereocenters. The van der Waals surface area contributed by atoms with Gasteiger partial charge in [-0.3, -0.25) is 0 Å². The fourth-order valence-corrected chi connectivity index (χ4v) is 2.43. The van der Waals surface area contributed by atoms with Crippen molar-refractivity contribution in [2.75, 3.05) is 19.0 Å². The molecule has 90 valence electrons. The molecule has 17 heavy (non-hydrogen) atoms. The van der Waals surface area contributed by atoms with Crippen LogP contribution in [0.25, 0.3) is 0 Å². The Balaban J connectivity index is 2.20. The number of halogens is 1. The number of ether oxygens (including phenoxy) is 1. The lowest BCUT2D eigenvalue weighted by Gasteiger charge is -2.28. The lowest BCUT2D eigenvalue weighted by molar-refractivity contribution is 0.155. The summed E-state index contributed by atoms with van der Waals surface area (Å²) in [5.41, 5.74) is 0.361. The van der Waals surface area contributed by atoms with E-state index in [0.717, 1.165) is 23.0 Å². The van der Waals surface area contributed by atoms with Crippen LogP contribution in [0.5, 0.6) is 0 Å². The van der Waals surface area contributed by atoms with E-state index in [1.807, 2.05) is 24.3 Å². The standard InChI is InChI=1S/C13H15BrN2O/c1-17-9-13(8-15,10-5-6-10)16-12-4-2-3-11(14)7-12/h2-4,7,10,16H,5-6,9H2,1H3. The Morgan fingerprint density at radius 2 is 2.35 bits per heavy atom. The second kappa shape index (κ2) is 5.07. The zero-order valence-corrected chi connectivity index (χ0v) is 11.3. The Hall–Kier alpha value is -1.05. The quantitative estimate of drug-likeness (QED) is 0.907. The zero-order valence-electron chi connectivity index (χ0n) is 9.74. The molecule has 1 aliphatic carbocycles. The molecule has 0 saturated heterocycles. The van der Waals surface area contributed by atoms with Crippen molar-refractivity contribution in [2.24, 2.45) is 5.92 Å². The Labute approximate surface area is 110 Å². The maximum atomic E-state index is 9.44. The molecular weight excluding hydrogens is 280 g/mol. The number of nitrogens with zero attached hydrogens (tertiary/aromatic N) is 1. The summed E-state index contributed by atoms with van der Waals surface area (Å²) in [4.78, 5) is 0. The molecule has 0 bridgehead atoms. The third-order valence-electron chi connectivity index (χ3n) is 3.04. The number of hydrogen-bond acceptors (Lipinski definition) is 3. The summed E-state index contributed by atoms with van der Waals surface area (Å²) in [5.74, 6) is 0.395. The first-order valence-electron chi connectivity index (χ1n) is 5.64. The van der Waals surface area contributed by atoms with Crippen molar-refractivity contribution in [1.82, 2.24) is 0 Å². The Kier molecular flexibility index (Phi) is 3.70. The van der Waals surface area contributed by atoms with Crippen molar-refractivity contribution in [1.29, 1.82) is 5.26 Å². The predicted octanol–water partition coefficient (Wildman–Crippen LogP) is 3.18. The van der Waals surface area contributed by atoms with E-state index in [1.54, 1.807) is 7.11 Å². The molecule has 1 aliphatic rings. The molecule has 0 heterocycles. The first-order chi connectivity index (χ1) is 8.20. The van der Waals surface area contributed by atoms with Crippen molar-refractivity contribution in [3.8, 4) is 6.07 Å². The number of rotatable bonds is 5. The highest BCUT2D eigenvalue weighted by atomic mass is 79.9. The van der Waals surface area contributed by atoms with Crippen LogP contribution in [-0.2, 0) is 4.74 Å². The first kappa shape index (κ1) is 12.4. The molecule has 1 N–H and O–H groups in total.